The molecule has 0 spiro atoms. The maximum atomic E-state index is 13.0. The van der Waals surface area contributed by atoms with Crippen LogP contribution in [0.1, 0.15) is 40.6 Å². The molecule has 0 unspecified atom stereocenters. The number of allylic oxidation sites excluding steroid dienone is 1. The number of aromatic nitrogens is 4. The van der Waals surface area contributed by atoms with Crippen molar-refractivity contribution in [1.82, 2.24) is 19.2 Å². The first-order chi connectivity index (χ1) is 17.5. The molecule has 36 heavy (non-hydrogen) atoms. The summed E-state index contributed by atoms with van der Waals surface area (Å²) in [6.07, 6.45) is 5.44. The van der Waals surface area contributed by atoms with E-state index in [2.05, 4.69) is 22.1 Å². The topological polar surface area (TPSA) is 108 Å². The van der Waals surface area contributed by atoms with Crippen molar-refractivity contribution in [3.05, 3.63) is 63.3 Å². The number of hydrogen-bond donors (Lipinski definition) is 1. The molecule has 5 rings (SSSR count). The second kappa shape index (κ2) is 10.3. The van der Waals surface area contributed by atoms with Gasteiger partial charge < -0.3 is 10.1 Å². The molecular formula is C25H25N5O4S2. The number of benzene rings is 1. The molecule has 1 aliphatic rings. The molecule has 0 radical (unpaired) electrons. The summed E-state index contributed by atoms with van der Waals surface area (Å²) >= 11 is 2.67. The Kier molecular flexibility index (Phi) is 6.92. The smallest absolute Gasteiger partial charge is 0.341 e. The van der Waals surface area contributed by atoms with Crippen LogP contribution in [0.3, 0.4) is 0 Å². The van der Waals surface area contributed by atoms with Crippen molar-refractivity contribution < 1.29 is 14.3 Å². The number of fused-ring (bicyclic) bond motifs is 4. The van der Waals surface area contributed by atoms with Gasteiger partial charge in [0.25, 0.3) is 5.56 Å². The minimum absolute atomic E-state index is 0.0561. The van der Waals surface area contributed by atoms with Crippen molar-refractivity contribution in [1.29, 1.82) is 0 Å². The average molecular weight is 524 g/mol. The van der Waals surface area contributed by atoms with E-state index in [1.54, 1.807) is 29.5 Å². The van der Waals surface area contributed by atoms with Crippen LogP contribution in [0.2, 0.25) is 0 Å². The highest BCUT2D eigenvalue weighted by Gasteiger charge is 2.27. The van der Waals surface area contributed by atoms with Crippen LogP contribution in [0.15, 0.2) is 46.9 Å². The fourth-order valence-electron chi connectivity index (χ4n) is 4.49. The molecule has 0 saturated heterocycles. The summed E-state index contributed by atoms with van der Waals surface area (Å²) in [5, 5.41) is 13.0. The van der Waals surface area contributed by atoms with Crippen LogP contribution in [0, 0.1) is 0 Å². The molecule has 3 aromatic heterocycles. The molecule has 0 fully saturated rings. The van der Waals surface area contributed by atoms with Crippen LogP contribution in [0.4, 0.5) is 5.00 Å². The zero-order chi connectivity index (χ0) is 25.2. The molecule has 1 aliphatic carbocycles. The number of thioether (sulfide) groups is 1. The summed E-state index contributed by atoms with van der Waals surface area (Å²) in [6.45, 7) is 6.07. The molecule has 1 aromatic carbocycles. The van der Waals surface area contributed by atoms with Crippen LogP contribution in [-0.4, -0.2) is 43.4 Å². The van der Waals surface area contributed by atoms with E-state index in [1.165, 1.54) is 27.7 Å². The standard InChI is InChI=1S/C25H25N5O4S2/c1-3-13-29-22(32)15-9-5-7-11-17(15)30-24(29)27-28-25(30)35-14-19(31)26-21-20(23(33)34-4-2)16-10-6-8-12-18(16)36-21/h3,5,7,9,11H,1,4,6,8,10,12-14H2,2H3,(H,26,31). The number of rotatable bonds is 8. The fourth-order valence-corrected chi connectivity index (χ4v) is 6.52. The quantitative estimate of drug-likeness (QED) is 0.211. The Morgan fingerprint density at radius 2 is 2.06 bits per heavy atom. The van der Waals surface area contributed by atoms with Gasteiger partial charge in [0.05, 0.1) is 28.8 Å². The van der Waals surface area contributed by atoms with Crippen molar-refractivity contribution in [2.75, 3.05) is 17.7 Å². The first-order valence-corrected chi connectivity index (χ1v) is 13.6. The lowest BCUT2D eigenvalue weighted by molar-refractivity contribution is -0.113. The Morgan fingerprint density at radius 1 is 1.25 bits per heavy atom. The third-order valence-electron chi connectivity index (χ3n) is 6.03. The minimum Gasteiger partial charge on any atom is -0.462 e. The predicted octanol–water partition coefficient (Wildman–Crippen LogP) is 4.08. The van der Waals surface area contributed by atoms with Gasteiger partial charge in [0, 0.05) is 11.4 Å². The van der Waals surface area contributed by atoms with Gasteiger partial charge in [0.1, 0.15) is 5.00 Å². The third-order valence-corrected chi connectivity index (χ3v) is 8.16. The number of carbonyl (C=O) groups excluding carboxylic acids is 2. The van der Waals surface area contributed by atoms with Gasteiger partial charge >= 0.3 is 5.97 Å². The van der Waals surface area contributed by atoms with Crippen LogP contribution in [0.25, 0.3) is 16.7 Å². The molecule has 186 valence electrons. The molecule has 0 aliphatic heterocycles. The number of anilines is 1. The van der Waals surface area contributed by atoms with Crippen molar-refractivity contribution in [2.45, 2.75) is 44.3 Å². The summed E-state index contributed by atoms with van der Waals surface area (Å²) in [6, 6.07) is 7.24. The predicted molar refractivity (Wildman–Crippen MR) is 141 cm³/mol. The van der Waals surface area contributed by atoms with Crippen molar-refractivity contribution in [3.8, 4) is 0 Å². The third kappa shape index (κ3) is 4.33. The van der Waals surface area contributed by atoms with Gasteiger partial charge in [0.2, 0.25) is 11.7 Å². The second-order valence-corrected chi connectivity index (χ2v) is 10.4. The van der Waals surface area contributed by atoms with E-state index in [0.29, 0.717) is 32.4 Å². The number of hydrogen-bond acceptors (Lipinski definition) is 8. The van der Waals surface area contributed by atoms with Gasteiger partial charge in [-0.2, -0.15) is 0 Å². The van der Waals surface area contributed by atoms with Gasteiger partial charge in [-0.15, -0.1) is 28.1 Å². The van der Waals surface area contributed by atoms with Gasteiger partial charge in [-0.3, -0.25) is 18.6 Å². The van der Waals surface area contributed by atoms with E-state index in [0.717, 1.165) is 36.1 Å². The largest absolute Gasteiger partial charge is 0.462 e. The lowest BCUT2D eigenvalue weighted by Crippen LogP contribution is -2.22. The van der Waals surface area contributed by atoms with E-state index in [9.17, 15) is 14.4 Å². The Bertz CT molecular complexity index is 1550. The lowest BCUT2D eigenvalue weighted by Gasteiger charge is -2.12. The summed E-state index contributed by atoms with van der Waals surface area (Å²) in [5.74, 6) is -0.211. The Morgan fingerprint density at radius 3 is 2.86 bits per heavy atom. The Labute approximate surface area is 215 Å². The van der Waals surface area contributed by atoms with Crippen molar-refractivity contribution >= 4 is 56.7 Å². The molecule has 11 heteroatoms. The number of nitrogens with one attached hydrogen (secondary N) is 1. The fraction of sp³-hybridized carbons (Fsp3) is 0.320. The number of thiophene rings is 1. The first kappa shape index (κ1) is 24.3. The number of para-hydroxylation sites is 1. The molecule has 1 amide bonds. The summed E-state index contributed by atoms with van der Waals surface area (Å²) in [7, 11) is 0. The molecule has 3 heterocycles. The number of esters is 1. The zero-order valence-corrected chi connectivity index (χ0v) is 21.4. The second-order valence-electron chi connectivity index (χ2n) is 8.31. The van der Waals surface area contributed by atoms with Gasteiger partial charge in [-0.25, -0.2) is 4.79 Å². The highest BCUT2D eigenvalue weighted by atomic mass is 32.2. The summed E-state index contributed by atoms with van der Waals surface area (Å²) in [4.78, 5) is 39.7. The van der Waals surface area contributed by atoms with Gasteiger partial charge in [-0.05, 0) is 50.3 Å². The number of aryl methyl sites for hydroxylation is 1. The lowest BCUT2D eigenvalue weighted by atomic mass is 9.95. The molecule has 1 N–H and O–H groups in total. The van der Waals surface area contributed by atoms with E-state index in [1.807, 2.05) is 12.1 Å². The zero-order valence-electron chi connectivity index (χ0n) is 19.8. The normalized spacial score (nSPS) is 13.0. The van der Waals surface area contributed by atoms with E-state index >= 15 is 0 Å². The molecule has 4 aromatic rings. The van der Waals surface area contributed by atoms with Crippen LogP contribution < -0.4 is 10.9 Å². The highest BCUT2D eigenvalue weighted by molar-refractivity contribution is 7.99. The van der Waals surface area contributed by atoms with Crippen LogP contribution in [0.5, 0.6) is 0 Å². The van der Waals surface area contributed by atoms with Crippen LogP contribution >= 0.6 is 23.1 Å². The molecule has 0 bridgehead atoms. The summed E-state index contributed by atoms with van der Waals surface area (Å²) < 4.78 is 8.57. The number of amides is 1. The SMILES string of the molecule is C=CCn1c(=O)c2ccccc2n2c(SCC(=O)Nc3sc4c(c3C(=O)OCC)CCCC4)nnc12. The van der Waals surface area contributed by atoms with E-state index in [-0.39, 0.29) is 30.4 Å². The Hall–Kier alpha value is -3.44. The number of nitrogens with zero attached hydrogens (tertiary/aromatic N) is 4. The first-order valence-electron chi connectivity index (χ1n) is 11.7. The number of carbonyl (C=O) groups is 2. The molecular weight excluding hydrogens is 498 g/mol. The maximum absolute atomic E-state index is 13.0. The van der Waals surface area contributed by atoms with E-state index in [4.69, 9.17) is 4.74 Å². The van der Waals surface area contributed by atoms with Crippen molar-refractivity contribution in [3.63, 3.8) is 0 Å². The molecule has 0 atom stereocenters. The average Bonchev–Trinajstić information content (AvgIpc) is 3.46. The summed E-state index contributed by atoms with van der Waals surface area (Å²) in [5.41, 5.74) is 1.99. The van der Waals surface area contributed by atoms with Gasteiger partial charge in [0.15, 0.2) is 5.16 Å². The van der Waals surface area contributed by atoms with Gasteiger partial charge in [-0.1, -0.05) is 30.0 Å². The minimum atomic E-state index is -0.394. The van der Waals surface area contributed by atoms with Crippen molar-refractivity contribution in [2.24, 2.45) is 0 Å². The van der Waals surface area contributed by atoms with Crippen LogP contribution in [-0.2, 0) is 28.9 Å². The maximum Gasteiger partial charge on any atom is 0.341 e. The molecule has 0 saturated carbocycles. The highest BCUT2D eigenvalue weighted by Crippen LogP contribution is 2.38. The Balaban J connectivity index is 1.43. The number of ether oxygens (including phenoxy) is 1. The van der Waals surface area contributed by atoms with E-state index < -0.39 is 5.97 Å². The molecule has 9 nitrogen and oxygen atoms in total. The monoisotopic (exact) mass is 523 g/mol.